The third-order valence-corrected chi connectivity index (χ3v) is 2.57. The van der Waals surface area contributed by atoms with Gasteiger partial charge >= 0.3 is 0 Å². The van der Waals surface area contributed by atoms with Gasteiger partial charge in [-0.25, -0.2) is 0 Å². The molecule has 2 heteroatoms. The molecule has 1 fully saturated rings. The molecular weight excluding hydrogens is 148 g/mol. The molecule has 0 N–H and O–H groups in total. The number of nitrogens with zero attached hydrogens (tertiary/aromatic N) is 2. The van der Waals surface area contributed by atoms with Crippen molar-refractivity contribution in [3.05, 3.63) is 11.1 Å². The van der Waals surface area contributed by atoms with Gasteiger partial charge in [-0.3, -0.25) is 0 Å². The zero-order valence-electron chi connectivity index (χ0n) is 7.52. The van der Waals surface area contributed by atoms with Crippen LogP contribution in [0.15, 0.2) is 11.1 Å². The number of hydrogen-bond acceptors (Lipinski definition) is 2. The van der Waals surface area contributed by atoms with Gasteiger partial charge in [-0.1, -0.05) is 13.8 Å². The van der Waals surface area contributed by atoms with E-state index < -0.39 is 0 Å². The van der Waals surface area contributed by atoms with Crippen LogP contribution >= 0.6 is 0 Å². The van der Waals surface area contributed by atoms with Gasteiger partial charge in [0.1, 0.15) is 17.7 Å². The van der Waals surface area contributed by atoms with E-state index in [1.54, 1.807) is 0 Å². The van der Waals surface area contributed by atoms with Gasteiger partial charge in [0.05, 0.1) is 0 Å². The number of hydrogen-bond donors (Lipinski definition) is 0. The molecule has 0 atom stereocenters. The maximum atomic E-state index is 8.69. The molecule has 0 saturated heterocycles. The van der Waals surface area contributed by atoms with Crippen LogP contribution in [0.2, 0.25) is 0 Å². The normalized spacial score (nSPS) is 19.8. The average Bonchev–Trinajstić information content (AvgIpc) is 2.34. The lowest BCUT2D eigenvalue weighted by atomic mass is 9.84. The Balaban J connectivity index is 3.12. The minimum absolute atomic E-state index is 0.0702. The topological polar surface area (TPSA) is 47.6 Å². The molecule has 0 amide bonds. The summed E-state index contributed by atoms with van der Waals surface area (Å²) in [4.78, 5) is 0. The van der Waals surface area contributed by atoms with E-state index in [0.717, 1.165) is 24.8 Å². The van der Waals surface area contributed by atoms with Gasteiger partial charge in [-0.2, -0.15) is 10.5 Å². The monoisotopic (exact) mass is 160 g/mol. The van der Waals surface area contributed by atoms with E-state index in [-0.39, 0.29) is 5.41 Å². The van der Waals surface area contributed by atoms with E-state index in [1.807, 2.05) is 12.1 Å². The second-order valence-electron chi connectivity index (χ2n) is 3.81. The van der Waals surface area contributed by atoms with Gasteiger partial charge in [0.25, 0.3) is 0 Å². The molecule has 0 aliphatic heterocycles. The first-order valence-corrected chi connectivity index (χ1v) is 4.15. The van der Waals surface area contributed by atoms with Crippen molar-refractivity contribution >= 4 is 0 Å². The first-order chi connectivity index (χ1) is 5.61. The minimum atomic E-state index is 0.0702. The van der Waals surface area contributed by atoms with Crippen LogP contribution in [0.4, 0.5) is 0 Å². The van der Waals surface area contributed by atoms with Crippen molar-refractivity contribution in [2.75, 3.05) is 0 Å². The molecule has 1 aliphatic rings. The van der Waals surface area contributed by atoms with Crippen molar-refractivity contribution < 1.29 is 0 Å². The van der Waals surface area contributed by atoms with Gasteiger partial charge in [0.2, 0.25) is 0 Å². The molecule has 1 rings (SSSR count). The lowest BCUT2D eigenvalue weighted by Gasteiger charge is -2.18. The van der Waals surface area contributed by atoms with E-state index in [4.69, 9.17) is 10.5 Å². The summed E-state index contributed by atoms with van der Waals surface area (Å²) >= 11 is 0. The highest BCUT2D eigenvalue weighted by molar-refractivity contribution is 5.43. The lowest BCUT2D eigenvalue weighted by Crippen LogP contribution is -2.08. The van der Waals surface area contributed by atoms with Crippen LogP contribution in [0, 0.1) is 28.1 Å². The maximum absolute atomic E-state index is 8.69. The van der Waals surface area contributed by atoms with Crippen LogP contribution in [0.25, 0.3) is 0 Å². The highest BCUT2D eigenvalue weighted by Gasteiger charge is 2.31. The zero-order chi connectivity index (χ0) is 9.19. The van der Waals surface area contributed by atoms with Gasteiger partial charge in [0, 0.05) is 0 Å². The molecule has 0 aromatic rings. The van der Waals surface area contributed by atoms with Crippen LogP contribution in [-0.2, 0) is 0 Å². The second kappa shape index (κ2) is 2.99. The molecule has 2 nitrogen and oxygen atoms in total. The largest absolute Gasteiger partial charge is 0.192 e. The van der Waals surface area contributed by atoms with Gasteiger partial charge in [0.15, 0.2) is 0 Å². The standard InChI is InChI=1S/C10H12N2/c1-10(2)5-3-4-9(10)8(6-11)7-12/h3-5H2,1-2H3. The molecule has 1 saturated carbocycles. The van der Waals surface area contributed by atoms with Gasteiger partial charge in [-0.15, -0.1) is 0 Å². The fraction of sp³-hybridized carbons (Fsp3) is 0.600. The van der Waals surface area contributed by atoms with Crippen molar-refractivity contribution in [1.82, 2.24) is 0 Å². The van der Waals surface area contributed by atoms with Crippen LogP contribution in [0.5, 0.6) is 0 Å². The van der Waals surface area contributed by atoms with E-state index >= 15 is 0 Å². The smallest absolute Gasteiger partial charge is 0.129 e. The molecule has 1 aliphatic carbocycles. The summed E-state index contributed by atoms with van der Waals surface area (Å²) in [5.74, 6) is 0. The number of nitriles is 2. The average molecular weight is 160 g/mol. The second-order valence-corrected chi connectivity index (χ2v) is 3.81. The zero-order valence-corrected chi connectivity index (χ0v) is 7.52. The van der Waals surface area contributed by atoms with Crippen molar-refractivity contribution in [1.29, 1.82) is 10.5 Å². The fourth-order valence-electron chi connectivity index (χ4n) is 1.82. The van der Waals surface area contributed by atoms with E-state index in [9.17, 15) is 0 Å². The van der Waals surface area contributed by atoms with Crippen molar-refractivity contribution in [3.8, 4) is 12.1 Å². The minimum Gasteiger partial charge on any atom is -0.192 e. The molecule has 0 bridgehead atoms. The Labute approximate surface area is 73.1 Å². The highest BCUT2D eigenvalue weighted by atomic mass is 14.4. The Bertz CT molecular complexity index is 281. The lowest BCUT2D eigenvalue weighted by molar-refractivity contribution is 0.460. The van der Waals surface area contributed by atoms with Crippen molar-refractivity contribution in [2.45, 2.75) is 33.1 Å². The predicted octanol–water partition coefficient (Wildman–Crippen LogP) is 2.54. The van der Waals surface area contributed by atoms with Gasteiger partial charge < -0.3 is 0 Å². The molecule has 12 heavy (non-hydrogen) atoms. The number of rotatable bonds is 0. The summed E-state index contributed by atoms with van der Waals surface area (Å²) in [6.07, 6.45) is 3.12. The van der Waals surface area contributed by atoms with Crippen LogP contribution in [0.1, 0.15) is 33.1 Å². The highest BCUT2D eigenvalue weighted by Crippen LogP contribution is 2.43. The quantitative estimate of drug-likeness (QED) is 0.511. The van der Waals surface area contributed by atoms with Crippen molar-refractivity contribution in [2.24, 2.45) is 5.41 Å². The molecule has 0 aromatic heterocycles. The SMILES string of the molecule is CC1(C)CCCC1=C(C#N)C#N. The summed E-state index contributed by atoms with van der Waals surface area (Å²) in [6.45, 7) is 4.20. The Kier molecular flexibility index (Phi) is 2.20. The predicted molar refractivity (Wildman–Crippen MR) is 45.9 cm³/mol. The van der Waals surface area contributed by atoms with Crippen molar-refractivity contribution in [3.63, 3.8) is 0 Å². The van der Waals surface area contributed by atoms with Crippen LogP contribution in [0.3, 0.4) is 0 Å². The third-order valence-electron chi connectivity index (χ3n) is 2.57. The Morgan fingerprint density at radius 1 is 1.33 bits per heavy atom. The van der Waals surface area contributed by atoms with E-state index in [1.165, 1.54) is 0 Å². The first kappa shape index (κ1) is 8.81. The van der Waals surface area contributed by atoms with Crippen LogP contribution < -0.4 is 0 Å². The molecule has 0 aromatic carbocycles. The summed E-state index contributed by atoms with van der Waals surface area (Å²) in [7, 11) is 0. The summed E-state index contributed by atoms with van der Waals surface area (Å²) < 4.78 is 0. The maximum Gasteiger partial charge on any atom is 0.129 e. The molecular formula is C10H12N2. The summed E-state index contributed by atoms with van der Waals surface area (Å²) in [5, 5.41) is 17.4. The first-order valence-electron chi connectivity index (χ1n) is 4.15. The summed E-state index contributed by atoms with van der Waals surface area (Å²) in [5.41, 5.74) is 1.45. The van der Waals surface area contributed by atoms with Gasteiger partial charge in [-0.05, 0) is 30.3 Å². The third kappa shape index (κ3) is 1.34. The molecule has 62 valence electrons. The fourth-order valence-corrected chi connectivity index (χ4v) is 1.82. The van der Waals surface area contributed by atoms with E-state index in [0.29, 0.717) is 5.57 Å². The Morgan fingerprint density at radius 3 is 2.25 bits per heavy atom. The molecule has 0 radical (unpaired) electrons. The Morgan fingerprint density at radius 2 is 1.92 bits per heavy atom. The van der Waals surface area contributed by atoms with Crippen LogP contribution in [-0.4, -0.2) is 0 Å². The number of allylic oxidation sites excluding steroid dienone is 2. The summed E-state index contributed by atoms with van der Waals surface area (Å²) in [6, 6.07) is 3.94. The molecule has 0 heterocycles. The molecule has 0 unspecified atom stereocenters. The molecule has 0 spiro atoms. The Hall–Kier alpha value is -1.28. The van der Waals surface area contributed by atoms with E-state index in [2.05, 4.69) is 13.8 Å².